The van der Waals surface area contributed by atoms with Crippen molar-refractivity contribution in [3.63, 3.8) is 0 Å². The van der Waals surface area contributed by atoms with Crippen LogP contribution in [0.3, 0.4) is 0 Å². The van der Waals surface area contributed by atoms with Gasteiger partial charge in [-0.2, -0.15) is 0 Å². The Kier molecular flexibility index (Phi) is 5.94. The molecule has 0 bridgehead atoms. The van der Waals surface area contributed by atoms with Crippen LogP contribution in [0.2, 0.25) is 0 Å². The molecule has 0 radical (unpaired) electrons. The van der Waals surface area contributed by atoms with Crippen LogP contribution in [0.5, 0.6) is 0 Å². The Bertz CT molecular complexity index is 859. The van der Waals surface area contributed by atoms with Crippen molar-refractivity contribution in [1.29, 1.82) is 0 Å². The van der Waals surface area contributed by atoms with E-state index in [1.807, 2.05) is 38.4 Å². The van der Waals surface area contributed by atoms with Gasteiger partial charge in [0.1, 0.15) is 5.82 Å². The van der Waals surface area contributed by atoms with E-state index in [-0.39, 0.29) is 10.8 Å². The maximum atomic E-state index is 4.57. The van der Waals surface area contributed by atoms with E-state index < -0.39 is 0 Å². The minimum Gasteiger partial charge on any atom is -0.332 e. The molecule has 0 amide bonds. The summed E-state index contributed by atoms with van der Waals surface area (Å²) in [5, 5.41) is 0. The standard InChI is InChI=1S/C22H27N3.C2H6/c1-15(21(3,4)17-10-8-12-23-16(17)2)14-19-22(5,6)18-11-9-13-24-20(18)25(19)7;1-2/h8-14H,1H2,2-7H3;1-2H3. The molecule has 2 aromatic heterocycles. The summed E-state index contributed by atoms with van der Waals surface area (Å²) in [6.45, 7) is 19.4. The highest BCUT2D eigenvalue weighted by atomic mass is 15.2. The molecule has 0 aromatic carbocycles. The molecule has 3 heteroatoms. The molecule has 0 N–H and O–H groups in total. The number of aryl methyl sites for hydroxylation is 1. The molecule has 0 aliphatic carbocycles. The highest BCUT2D eigenvalue weighted by molar-refractivity contribution is 5.67. The summed E-state index contributed by atoms with van der Waals surface area (Å²) >= 11 is 0. The van der Waals surface area contributed by atoms with Crippen molar-refractivity contribution < 1.29 is 0 Å². The summed E-state index contributed by atoms with van der Waals surface area (Å²) in [6.07, 6.45) is 5.92. The Morgan fingerprint density at radius 3 is 2.30 bits per heavy atom. The average Bonchev–Trinajstić information content (AvgIpc) is 2.84. The van der Waals surface area contributed by atoms with E-state index in [9.17, 15) is 0 Å². The van der Waals surface area contributed by atoms with Crippen LogP contribution in [0.4, 0.5) is 5.82 Å². The van der Waals surface area contributed by atoms with Gasteiger partial charge in [0.05, 0.1) is 0 Å². The third-order valence-electron chi connectivity index (χ3n) is 5.57. The second-order valence-corrected chi connectivity index (χ2v) is 7.87. The predicted molar refractivity (Wildman–Crippen MR) is 116 cm³/mol. The van der Waals surface area contributed by atoms with Crippen molar-refractivity contribution in [2.75, 3.05) is 11.9 Å². The predicted octanol–water partition coefficient (Wildman–Crippen LogP) is 5.96. The summed E-state index contributed by atoms with van der Waals surface area (Å²) in [5.74, 6) is 1.03. The summed E-state index contributed by atoms with van der Waals surface area (Å²) in [6, 6.07) is 8.32. The third kappa shape index (κ3) is 3.55. The van der Waals surface area contributed by atoms with Gasteiger partial charge in [-0.1, -0.05) is 60.3 Å². The van der Waals surface area contributed by atoms with Crippen molar-refractivity contribution in [2.24, 2.45) is 0 Å². The lowest BCUT2D eigenvalue weighted by Gasteiger charge is -2.30. The Morgan fingerprint density at radius 1 is 1.11 bits per heavy atom. The number of nitrogens with zero attached hydrogens (tertiary/aromatic N) is 3. The zero-order valence-electron chi connectivity index (χ0n) is 18.1. The number of hydrogen-bond donors (Lipinski definition) is 0. The van der Waals surface area contributed by atoms with Gasteiger partial charge in [0.25, 0.3) is 0 Å². The Balaban J connectivity index is 0.00000126. The zero-order valence-corrected chi connectivity index (χ0v) is 18.1. The number of allylic oxidation sites excluding steroid dienone is 3. The van der Waals surface area contributed by atoms with E-state index in [0.29, 0.717) is 0 Å². The molecule has 3 heterocycles. The number of hydrogen-bond acceptors (Lipinski definition) is 3. The lowest BCUT2D eigenvalue weighted by molar-refractivity contribution is 0.613. The minimum absolute atomic E-state index is 0.0959. The molecule has 0 unspecified atom stereocenters. The van der Waals surface area contributed by atoms with E-state index in [1.165, 1.54) is 16.8 Å². The van der Waals surface area contributed by atoms with Gasteiger partial charge in [0.2, 0.25) is 0 Å². The summed E-state index contributed by atoms with van der Waals surface area (Å²) < 4.78 is 0. The molecular weight excluding hydrogens is 330 g/mol. The summed E-state index contributed by atoms with van der Waals surface area (Å²) in [4.78, 5) is 11.2. The van der Waals surface area contributed by atoms with Crippen molar-refractivity contribution in [3.05, 3.63) is 77.4 Å². The Labute approximate surface area is 164 Å². The molecule has 144 valence electrons. The molecule has 3 nitrogen and oxygen atoms in total. The first-order chi connectivity index (χ1) is 12.7. The maximum Gasteiger partial charge on any atom is 0.136 e. The topological polar surface area (TPSA) is 29.0 Å². The average molecular weight is 364 g/mol. The number of rotatable bonds is 3. The quantitative estimate of drug-likeness (QED) is 0.674. The van der Waals surface area contributed by atoms with Crippen LogP contribution < -0.4 is 4.90 Å². The molecule has 0 saturated heterocycles. The van der Waals surface area contributed by atoms with Crippen LogP contribution in [-0.4, -0.2) is 17.0 Å². The largest absolute Gasteiger partial charge is 0.332 e. The van der Waals surface area contributed by atoms with Gasteiger partial charge in [0, 0.05) is 47.2 Å². The van der Waals surface area contributed by atoms with Gasteiger partial charge in [-0.3, -0.25) is 4.98 Å². The van der Waals surface area contributed by atoms with Crippen molar-refractivity contribution in [1.82, 2.24) is 9.97 Å². The van der Waals surface area contributed by atoms with Crippen molar-refractivity contribution in [3.8, 4) is 0 Å². The van der Waals surface area contributed by atoms with E-state index in [4.69, 9.17) is 0 Å². The number of aromatic nitrogens is 2. The first-order valence-corrected chi connectivity index (χ1v) is 9.70. The molecule has 0 spiro atoms. The summed E-state index contributed by atoms with van der Waals surface area (Å²) in [7, 11) is 2.09. The first kappa shape index (κ1) is 20.9. The fraction of sp³-hybridized carbons (Fsp3) is 0.417. The van der Waals surface area contributed by atoms with Crippen LogP contribution in [0, 0.1) is 6.92 Å². The fourth-order valence-corrected chi connectivity index (χ4v) is 3.76. The zero-order chi connectivity index (χ0) is 20.4. The van der Waals surface area contributed by atoms with Gasteiger partial charge in [-0.25, -0.2) is 4.98 Å². The Morgan fingerprint density at radius 2 is 1.70 bits per heavy atom. The number of anilines is 1. The fourth-order valence-electron chi connectivity index (χ4n) is 3.76. The second-order valence-electron chi connectivity index (χ2n) is 7.87. The molecule has 0 saturated carbocycles. The molecule has 1 aliphatic rings. The number of likely N-dealkylation sites (N-methyl/N-ethyl adjacent to an activating group) is 1. The van der Waals surface area contributed by atoms with Gasteiger partial charge in [0.15, 0.2) is 0 Å². The van der Waals surface area contributed by atoms with E-state index >= 15 is 0 Å². The lowest BCUT2D eigenvalue weighted by atomic mass is 9.75. The number of fused-ring (bicyclic) bond motifs is 1. The molecular formula is C24H33N3. The van der Waals surface area contributed by atoms with Crippen LogP contribution in [0.15, 0.2) is 60.6 Å². The highest BCUT2D eigenvalue weighted by Gasteiger charge is 2.40. The highest BCUT2D eigenvalue weighted by Crippen LogP contribution is 2.46. The smallest absolute Gasteiger partial charge is 0.136 e. The van der Waals surface area contributed by atoms with Gasteiger partial charge >= 0.3 is 0 Å². The van der Waals surface area contributed by atoms with Crippen LogP contribution in [-0.2, 0) is 10.8 Å². The molecule has 3 rings (SSSR count). The lowest BCUT2D eigenvalue weighted by Crippen LogP contribution is -2.26. The van der Waals surface area contributed by atoms with E-state index in [1.54, 1.807) is 0 Å². The molecule has 1 aliphatic heterocycles. The van der Waals surface area contributed by atoms with E-state index in [0.717, 1.165) is 17.1 Å². The van der Waals surface area contributed by atoms with Crippen LogP contribution in [0.25, 0.3) is 0 Å². The second kappa shape index (κ2) is 7.67. The molecule has 0 atom stereocenters. The summed E-state index contributed by atoms with van der Waals surface area (Å²) in [5.41, 5.74) is 5.53. The first-order valence-electron chi connectivity index (χ1n) is 9.70. The molecule has 0 fully saturated rings. The Hall–Kier alpha value is -2.42. The monoisotopic (exact) mass is 363 g/mol. The maximum absolute atomic E-state index is 4.57. The van der Waals surface area contributed by atoms with Gasteiger partial charge < -0.3 is 4.90 Å². The van der Waals surface area contributed by atoms with Crippen molar-refractivity contribution in [2.45, 2.75) is 59.3 Å². The van der Waals surface area contributed by atoms with Crippen molar-refractivity contribution >= 4 is 5.82 Å². The number of pyridine rings is 2. The normalized spacial score (nSPS) is 16.6. The van der Waals surface area contributed by atoms with Gasteiger partial charge in [-0.05, 0) is 36.3 Å². The SMILES string of the molecule is C=C(C=C1N(C)c2ncccc2C1(C)C)C(C)(C)c1cccnc1C.CC. The minimum atomic E-state index is -0.190. The van der Waals surface area contributed by atoms with Gasteiger partial charge in [-0.15, -0.1) is 0 Å². The third-order valence-corrected chi connectivity index (χ3v) is 5.57. The van der Waals surface area contributed by atoms with Crippen LogP contribution >= 0.6 is 0 Å². The molecule has 27 heavy (non-hydrogen) atoms. The molecule has 2 aromatic rings. The van der Waals surface area contributed by atoms with Crippen LogP contribution in [0.1, 0.15) is 58.4 Å². The van der Waals surface area contributed by atoms with E-state index in [2.05, 4.69) is 81.3 Å².